The summed E-state index contributed by atoms with van der Waals surface area (Å²) in [4.78, 5) is 5.74. The van der Waals surface area contributed by atoms with Gasteiger partial charge in [0.2, 0.25) is 0 Å². The minimum atomic E-state index is -0.0729. The molecule has 0 spiro atoms. The van der Waals surface area contributed by atoms with Crippen LogP contribution in [0.1, 0.15) is 221 Å². The molecule has 372 valence electrons. The number of allylic oxidation sites excluding steroid dienone is 4. The molecule has 4 heteroatoms. The van der Waals surface area contributed by atoms with Crippen LogP contribution in [0.2, 0.25) is 0 Å². The van der Waals surface area contributed by atoms with E-state index in [1.54, 1.807) is 5.57 Å². The van der Waals surface area contributed by atoms with E-state index in [2.05, 4.69) is 202 Å². The predicted octanol–water partition coefficient (Wildman–Crippen LogP) is 16.6. The topological polar surface area (TPSA) is 19.6 Å². The Bertz CT molecular complexity index is 3150. The van der Waals surface area contributed by atoms with Crippen molar-refractivity contribution in [3.63, 3.8) is 0 Å². The van der Waals surface area contributed by atoms with E-state index < -0.39 is 0 Å². The van der Waals surface area contributed by atoms with Crippen molar-refractivity contribution < 1.29 is 4.42 Å². The Morgan fingerprint density at radius 1 is 0.620 bits per heavy atom. The van der Waals surface area contributed by atoms with Gasteiger partial charge in [-0.3, -0.25) is 0 Å². The van der Waals surface area contributed by atoms with Crippen LogP contribution in [0, 0.1) is 18.3 Å². The fraction of sp³-hybridized carbons (Fsp3) is 0.552. The third kappa shape index (κ3) is 6.52. The fourth-order valence-corrected chi connectivity index (χ4v) is 15.7. The van der Waals surface area contributed by atoms with Gasteiger partial charge < -0.3 is 14.2 Å². The van der Waals surface area contributed by atoms with Crippen LogP contribution in [0.4, 0.5) is 17.1 Å². The van der Waals surface area contributed by atoms with E-state index in [-0.39, 0.29) is 56.1 Å². The summed E-state index contributed by atoms with van der Waals surface area (Å²) < 4.78 is 7.88. The Morgan fingerprint density at radius 3 is 1.93 bits per heavy atom. The predicted molar refractivity (Wildman–Crippen MR) is 303 cm³/mol. The van der Waals surface area contributed by atoms with Crippen molar-refractivity contribution in [3.8, 4) is 11.1 Å². The monoisotopic (exact) mass is 945 g/mol. The fourth-order valence-electron chi connectivity index (χ4n) is 15.7. The molecule has 0 amide bonds. The molecule has 4 heterocycles. The van der Waals surface area contributed by atoms with E-state index in [4.69, 9.17) is 4.42 Å². The van der Waals surface area contributed by atoms with Gasteiger partial charge in [-0.15, -0.1) is 0 Å². The van der Waals surface area contributed by atoms with Crippen molar-refractivity contribution in [2.45, 2.75) is 227 Å². The van der Waals surface area contributed by atoms with Crippen LogP contribution in [0.3, 0.4) is 0 Å². The van der Waals surface area contributed by atoms with Gasteiger partial charge in [0.1, 0.15) is 5.76 Å². The van der Waals surface area contributed by atoms with Crippen molar-refractivity contribution in [2.24, 2.45) is 11.3 Å². The molecule has 12 rings (SSSR count). The largest absolute Gasteiger partial charge is 0.472 e. The molecule has 0 saturated carbocycles. The molecule has 0 radical (unpaired) electrons. The standard InChI is InChI=1S/C67H85BN2O/c1-38-32-50-54-51(33-38)70(55-39(2)34-42(61(6,7)8)36-43(55)40-20-22-44-46(35-40)64(13,14)27-26-62(44,9)10)56-48(24-23-45-52(56)65(15,16)29-28-63(45,11)12)68(54)59-57-53-58(71-59)66(17,18)30-31-67(53,19)47-37-41(60(3,4)5)21-25-49(47)69(50)57/h20-25,33-36,41,50H,26-32,37H2,1-19H3/t41-,50?,67+/m0/s1. The number of fused-ring (bicyclic) bond motifs is 9. The molecule has 3 aromatic carbocycles. The highest BCUT2D eigenvalue weighted by atomic mass is 16.3. The lowest BCUT2D eigenvalue weighted by molar-refractivity contribution is 0.253. The molecule has 1 aromatic heterocycles. The second kappa shape index (κ2) is 14.4. The summed E-state index contributed by atoms with van der Waals surface area (Å²) in [5.74, 6) is 1.73. The Balaban J connectivity index is 1.22. The van der Waals surface area contributed by atoms with Gasteiger partial charge in [-0.05, 0) is 177 Å². The molecule has 71 heavy (non-hydrogen) atoms. The molecule has 0 fully saturated rings. The SMILES string of the molecule is CC1=CC2=C3B(c4ccc5c(c4N2c2c(C)cc(C(C)(C)C)cc2-c2ccc4c(c2)C(C)(C)CCC4(C)C)C(C)(C)CCC5(C)C)c2oc4c5c2N(C2=C(C[C@@H](C(C)(C)C)C=C2)[C@@]5(C)CCC4(C)C)C3C1. The van der Waals surface area contributed by atoms with Crippen LogP contribution in [-0.2, 0) is 37.9 Å². The first-order valence-electron chi connectivity index (χ1n) is 28.0. The molecule has 0 N–H and O–H groups in total. The molecule has 0 bridgehead atoms. The van der Waals surface area contributed by atoms with Crippen LogP contribution in [0.25, 0.3) is 11.1 Å². The highest BCUT2D eigenvalue weighted by Gasteiger charge is 2.60. The number of hydrogen-bond donors (Lipinski definition) is 0. The van der Waals surface area contributed by atoms with E-state index in [1.807, 2.05) is 0 Å². The van der Waals surface area contributed by atoms with Gasteiger partial charge in [0, 0.05) is 39.0 Å². The maximum absolute atomic E-state index is 7.88. The zero-order valence-corrected chi connectivity index (χ0v) is 47.5. The summed E-state index contributed by atoms with van der Waals surface area (Å²) in [7, 11) is 0. The maximum Gasteiger partial charge on any atom is 0.292 e. The lowest BCUT2D eigenvalue weighted by atomic mass is 9.32. The third-order valence-corrected chi connectivity index (χ3v) is 20.6. The van der Waals surface area contributed by atoms with Gasteiger partial charge in [0.05, 0.1) is 23.1 Å². The van der Waals surface area contributed by atoms with Crippen LogP contribution < -0.4 is 20.9 Å². The van der Waals surface area contributed by atoms with Crippen molar-refractivity contribution in [1.82, 2.24) is 0 Å². The average Bonchev–Trinajstić information content (AvgIpc) is 3.70. The second-order valence-electron chi connectivity index (χ2n) is 30.0. The minimum Gasteiger partial charge on any atom is -0.472 e. The molecule has 3 aliphatic heterocycles. The second-order valence-corrected chi connectivity index (χ2v) is 30.0. The molecular weight excluding hydrogens is 860 g/mol. The first-order valence-corrected chi connectivity index (χ1v) is 28.0. The molecule has 5 aliphatic carbocycles. The summed E-state index contributed by atoms with van der Waals surface area (Å²) in [5.41, 5.74) is 27.5. The molecular formula is C67H85BN2O. The lowest BCUT2D eigenvalue weighted by Gasteiger charge is -2.56. The Morgan fingerprint density at radius 2 is 1.25 bits per heavy atom. The molecule has 3 nitrogen and oxygen atoms in total. The molecule has 1 unspecified atom stereocenters. The van der Waals surface area contributed by atoms with Gasteiger partial charge in [0.15, 0.2) is 0 Å². The van der Waals surface area contributed by atoms with Crippen LogP contribution >= 0.6 is 0 Å². The van der Waals surface area contributed by atoms with E-state index in [0.717, 1.165) is 32.1 Å². The molecule has 4 aromatic rings. The smallest absolute Gasteiger partial charge is 0.292 e. The van der Waals surface area contributed by atoms with E-state index in [0.29, 0.717) is 5.92 Å². The van der Waals surface area contributed by atoms with Crippen molar-refractivity contribution in [2.75, 3.05) is 9.80 Å². The first-order chi connectivity index (χ1) is 32.9. The number of furan rings is 1. The number of benzene rings is 3. The maximum atomic E-state index is 7.88. The molecule has 3 atom stereocenters. The van der Waals surface area contributed by atoms with Crippen LogP contribution in [-0.4, -0.2) is 12.8 Å². The summed E-state index contributed by atoms with van der Waals surface area (Å²) in [6, 6.07) is 18.1. The van der Waals surface area contributed by atoms with E-state index >= 15 is 0 Å². The molecule has 8 aliphatic rings. The van der Waals surface area contributed by atoms with Crippen molar-refractivity contribution in [1.29, 1.82) is 0 Å². The van der Waals surface area contributed by atoms with E-state index in [9.17, 15) is 0 Å². The first kappa shape index (κ1) is 47.6. The van der Waals surface area contributed by atoms with Crippen LogP contribution in [0.15, 0.2) is 93.1 Å². The number of rotatable bonds is 2. The highest BCUT2D eigenvalue weighted by molar-refractivity contribution is 6.93. The van der Waals surface area contributed by atoms with Crippen molar-refractivity contribution >= 4 is 34.9 Å². The highest BCUT2D eigenvalue weighted by Crippen LogP contribution is 2.64. The summed E-state index contributed by atoms with van der Waals surface area (Å²) in [6.45, 7) is 47.0. The van der Waals surface area contributed by atoms with Crippen LogP contribution in [0.5, 0.6) is 0 Å². The Labute approximate surface area is 429 Å². The van der Waals surface area contributed by atoms with Crippen molar-refractivity contribution in [3.05, 3.63) is 133 Å². The van der Waals surface area contributed by atoms with Gasteiger partial charge in [0.25, 0.3) is 6.71 Å². The summed E-state index contributed by atoms with van der Waals surface area (Å²) in [5, 5.41) is 0. The normalized spacial score (nSPS) is 26.8. The number of aryl methyl sites for hydroxylation is 1. The number of hydrogen-bond acceptors (Lipinski definition) is 3. The molecule has 0 saturated heterocycles. The average molecular weight is 945 g/mol. The zero-order valence-electron chi connectivity index (χ0n) is 47.5. The Kier molecular flexibility index (Phi) is 9.67. The zero-order chi connectivity index (χ0) is 50.9. The number of nitrogens with zero attached hydrogens (tertiary/aromatic N) is 2. The quantitative estimate of drug-likeness (QED) is 0.187. The Hall–Kier alpha value is -4.44. The van der Waals surface area contributed by atoms with E-state index in [1.165, 1.54) is 126 Å². The van der Waals surface area contributed by atoms with Gasteiger partial charge in [-0.25, -0.2) is 0 Å². The van der Waals surface area contributed by atoms with Gasteiger partial charge in [-0.1, -0.05) is 166 Å². The summed E-state index contributed by atoms with van der Waals surface area (Å²) >= 11 is 0. The number of anilines is 3. The van der Waals surface area contributed by atoms with Gasteiger partial charge in [-0.2, -0.15) is 0 Å². The lowest BCUT2D eigenvalue weighted by Crippen LogP contribution is -2.63. The third-order valence-electron chi connectivity index (χ3n) is 20.6. The minimum absolute atomic E-state index is 0.00932. The van der Waals surface area contributed by atoms with Gasteiger partial charge >= 0.3 is 0 Å². The summed E-state index contributed by atoms with van der Waals surface area (Å²) in [6.07, 6.45) is 16.9.